The standard InChI is InChI=1S/C15H20N/c1-15(2,3)13-7-9-14(10-8-13)16-11-5-4-6-12-16/h5,7-10H,6,11-12H2,1-3H3. The van der Waals surface area contributed by atoms with Crippen LogP contribution < -0.4 is 4.90 Å². The van der Waals surface area contributed by atoms with Crippen molar-refractivity contribution in [3.8, 4) is 0 Å². The van der Waals surface area contributed by atoms with Crippen molar-refractivity contribution >= 4 is 5.69 Å². The highest BCUT2D eigenvalue weighted by Crippen LogP contribution is 2.25. The van der Waals surface area contributed by atoms with Crippen molar-refractivity contribution in [3.05, 3.63) is 42.0 Å². The molecule has 1 aromatic carbocycles. The zero-order valence-electron chi connectivity index (χ0n) is 10.5. The quantitative estimate of drug-likeness (QED) is 0.691. The van der Waals surface area contributed by atoms with Crippen LogP contribution in [-0.2, 0) is 5.41 Å². The lowest BCUT2D eigenvalue weighted by Crippen LogP contribution is -2.26. The smallest absolute Gasteiger partial charge is 0.0369 e. The van der Waals surface area contributed by atoms with Gasteiger partial charge in [0.15, 0.2) is 0 Å². The summed E-state index contributed by atoms with van der Waals surface area (Å²) in [5.74, 6) is 0. The molecule has 0 aliphatic carbocycles. The summed E-state index contributed by atoms with van der Waals surface area (Å²) in [6.45, 7) is 8.84. The van der Waals surface area contributed by atoms with E-state index in [0.29, 0.717) is 0 Å². The zero-order chi connectivity index (χ0) is 11.6. The summed E-state index contributed by atoms with van der Waals surface area (Å²) in [5, 5.41) is 0. The minimum Gasteiger partial charge on any atom is -0.367 e. The van der Waals surface area contributed by atoms with Gasteiger partial charge in [0.05, 0.1) is 0 Å². The number of hydrogen-bond donors (Lipinski definition) is 0. The Morgan fingerprint density at radius 1 is 1.12 bits per heavy atom. The second-order valence-corrected chi connectivity index (χ2v) is 5.40. The van der Waals surface area contributed by atoms with Crippen LogP contribution in [0.25, 0.3) is 0 Å². The average molecular weight is 214 g/mol. The molecule has 1 aliphatic rings. The second kappa shape index (κ2) is 4.32. The van der Waals surface area contributed by atoms with E-state index in [4.69, 9.17) is 0 Å². The van der Waals surface area contributed by atoms with Gasteiger partial charge in [-0.1, -0.05) is 39.0 Å². The van der Waals surface area contributed by atoms with Crippen molar-refractivity contribution in [2.75, 3.05) is 18.0 Å². The summed E-state index contributed by atoms with van der Waals surface area (Å²) in [5.41, 5.74) is 2.97. The molecule has 1 nitrogen and oxygen atoms in total. The van der Waals surface area contributed by atoms with Crippen molar-refractivity contribution in [2.45, 2.75) is 32.6 Å². The Bertz CT molecular complexity index is 367. The van der Waals surface area contributed by atoms with Crippen molar-refractivity contribution in [3.63, 3.8) is 0 Å². The molecule has 0 aromatic heterocycles. The number of rotatable bonds is 1. The van der Waals surface area contributed by atoms with Gasteiger partial charge in [-0.25, -0.2) is 0 Å². The van der Waals surface area contributed by atoms with Crippen molar-refractivity contribution in [1.82, 2.24) is 0 Å². The number of hydrogen-bond acceptors (Lipinski definition) is 1. The molecule has 0 unspecified atom stereocenters. The second-order valence-electron chi connectivity index (χ2n) is 5.40. The maximum atomic E-state index is 3.25. The summed E-state index contributed by atoms with van der Waals surface area (Å²) in [4.78, 5) is 2.39. The first-order valence-corrected chi connectivity index (χ1v) is 5.98. The fourth-order valence-corrected chi connectivity index (χ4v) is 1.97. The van der Waals surface area contributed by atoms with E-state index in [2.05, 4.69) is 62.1 Å². The molecule has 2 rings (SSSR count). The van der Waals surface area contributed by atoms with E-state index in [-0.39, 0.29) is 5.41 Å². The zero-order valence-corrected chi connectivity index (χ0v) is 10.5. The first-order valence-electron chi connectivity index (χ1n) is 5.98. The van der Waals surface area contributed by atoms with Crippen LogP contribution in [0.3, 0.4) is 0 Å². The van der Waals surface area contributed by atoms with E-state index in [9.17, 15) is 0 Å². The minimum absolute atomic E-state index is 0.244. The van der Waals surface area contributed by atoms with Crippen molar-refractivity contribution in [2.24, 2.45) is 0 Å². The lowest BCUT2D eigenvalue weighted by Gasteiger charge is -2.26. The molecule has 1 aromatic rings. The topological polar surface area (TPSA) is 3.24 Å². The molecule has 0 spiro atoms. The van der Waals surface area contributed by atoms with Gasteiger partial charge in [0, 0.05) is 18.8 Å². The van der Waals surface area contributed by atoms with Gasteiger partial charge in [-0.05, 0) is 35.6 Å². The fraction of sp³-hybridized carbons (Fsp3) is 0.467. The third kappa shape index (κ3) is 2.46. The highest BCUT2D eigenvalue weighted by atomic mass is 15.1. The molecule has 0 fully saturated rings. The molecule has 16 heavy (non-hydrogen) atoms. The molecule has 0 atom stereocenters. The van der Waals surface area contributed by atoms with Gasteiger partial charge in [0.2, 0.25) is 0 Å². The number of anilines is 1. The van der Waals surface area contributed by atoms with Crippen molar-refractivity contribution < 1.29 is 0 Å². The molecule has 0 N–H and O–H groups in total. The van der Waals surface area contributed by atoms with Crippen LogP contribution in [-0.4, -0.2) is 13.1 Å². The van der Waals surface area contributed by atoms with Gasteiger partial charge in [0.25, 0.3) is 0 Å². The van der Waals surface area contributed by atoms with Crippen LogP contribution in [0.5, 0.6) is 0 Å². The van der Waals surface area contributed by atoms with Gasteiger partial charge >= 0.3 is 0 Å². The predicted molar refractivity (Wildman–Crippen MR) is 69.8 cm³/mol. The molecular weight excluding hydrogens is 194 g/mol. The van der Waals surface area contributed by atoms with E-state index in [0.717, 1.165) is 19.5 Å². The molecule has 85 valence electrons. The Kier molecular flexibility index (Phi) is 3.04. The Labute approximate surface area is 98.8 Å². The Morgan fingerprint density at radius 3 is 2.31 bits per heavy atom. The van der Waals surface area contributed by atoms with Crippen LogP contribution in [0.15, 0.2) is 30.3 Å². The summed E-state index contributed by atoms with van der Waals surface area (Å²) < 4.78 is 0. The maximum absolute atomic E-state index is 3.25. The normalized spacial score (nSPS) is 16.6. The molecular formula is C15H20N. The highest BCUT2D eigenvalue weighted by molar-refractivity contribution is 5.49. The first-order chi connectivity index (χ1) is 7.57. The Morgan fingerprint density at radius 2 is 1.81 bits per heavy atom. The van der Waals surface area contributed by atoms with E-state index < -0.39 is 0 Å². The number of benzene rings is 1. The van der Waals surface area contributed by atoms with E-state index in [1.54, 1.807) is 0 Å². The first kappa shape index (κ1) is 11.3. The summed E-state index contributed by atoms with van der Waals surface area (Å²) in [6.07, 6.45) is 6.42. The molecule has 1 heteroatoms. The highest BCUT2D eigenvalue weighted by Gasteiger charge is 2.14. The largest absolute Gasteiger partial charge is 0.367 e. The molecule has 0 bridgehead atoms. The van der Waals surface area contributed by atoms with Crippen LogP contribution in [0, 0.1) is 6.08 Å². The molecule has 0 saturated carbocycles. The minimum atomic E-state index is 0.244. The third-order valence-corrected chi connectivity index (χ3v) is 3.08. The van der Waals surface area contributed by atoms with Crippen LogP contribution in [0.1, 0.15) is 32.8 Å². The van der Waals surface area contributed by atoms with Gasteiger partial charge in [-0.2, -0.15) is 0 Å². The predicted octanol–water partition coefficient (Wildman–Crippen LogP) is 3.55. The molecule has 1 radical (unpaired) electrons. The molecule has 1 heterocycles. The number of nitrogens with zero attached hydrogens (tertiary/aromatic N) is 1. The summed E-state index contributed by atoms with van der Waals surface area (Å²) >= 11 is 0. The third-order valence-electron chi connectivity index (χ3n) is 3.08. The van der Waals surface area contributed by atoms with Crippen LogP contribution >= 0.6 is 0 Å². The van der Waals surface area contributed by atoms with E-state index >= 15 is 0 Å². The lowest BCUT2D eigenvalue weighted by atomic mass is 9.87. The average Bonchev–Trinajstić information content (AvgIpc) is 2.29. The molecule has 0 saturated heterocycles. The van der Waals surface area contributed by atoms with Gasteiger partial charge < -0.3 is 4.90 Å². The van der Waals surface area contributed by atoms with Crippen LogP contribution in [0.2, 0.25) is 0 Å². The SMILES string of the molecule is CC(C)(C)c1ccc(N2CC=[C]CC2)cc1. The van der Waals surface area contributed by atoms with E-state index in [1.807, 2.05) is 0 Å². The summed E-state index contributed by atoms with van der Waals surface area (Å²) in [7, 11) is 0. The van der Waals surface area contributed by atoms with Gasteiger partial charge in [-0.15, -0.1) is 0 Å². The molecule has 0 amide bonds. The van der Waals surface area contributed by atoms with E-state index in [1.165, 1.54) is 11.3 Å². The Balaban J connectivity index is 2.16. The summed E-state index contributed by atoms with van der Waals surface area (Å²) in [6, 6.07) is 8.97. The Hall–Kier alpha value is -1.24. The molecule has 1 aliphatic heterocycles. The van der Waals surface area contributed by atoms with Gasteiger partial charge in [-0.3, -0.25) is 0 Å². The monoisotopic (exact) mass is 214 g/mol. The fourth-order valence-electron chi connectivity index (χ4n) is 1.97. The van der Waals surface area contributed by atoms with Gasteiger partial charge in [0.1, 0.15) is 0 Å². The lowest BCUT2D eigenvalue weighted by molar-refractivity contribution is 0.590. The van der Waals surface area contributed by atoms with Crippen LogP contribution in [0.4, 0.5) is 5.69 Å². The maximum Gasteiger partial charge on any atom is 0.0369 e. The van der Waals surface area contributed by atoms with Crippen molar-refractivity contribution in [1.29, 1.82) is 0 Å².